The van der Waals surface area contributed by atoms with Gasteiger partial charge in [-0.25, -0.2) is 0 Å². The van der Waals surface area contributed by atoms with Gasteiger partial charge in [0, 0.05) is 64.0 Å². The summed E-state index contributed by atoms with van der Waals surface area (Å²) in [6.07, 6.45) is 0.224. The molecule has 1 heterocycles. The normalized spacial score (nSPS) is 21.7. The zero-order chi connectivity index (χ0) is 31.7. The predicted octanol–water partition coefficient (Wildman–Crippen LogP) is 0.620. The van der Waals surface area contributed by atoms with E-state index in [4.69, 9.17) is 0 Å². The average Bonchev–Trinajstić information content (AvgIpc) is 2.92. The fourth-order valence-electron chi connectivity index (χ4n) is 5.09. The highest BCUT2D eigenvalue weighted by Crippen LogP contribution is 2.20. The number of non-ortho nitro benzene ring substituents is 1. The van der Waals surface area contributed by atoms with Crippen molar-refractivity contribution in [2.24, 2.45) is 0 Å². The SMILES string of the molecule is C[C@@H](C(=O)O)N1CCN([C@@H](C)C(=O)O)CCN([C@@H](C)C(=O)O)[C@@H](Cc2ccc([N+](=O)[O-])cc2)CN([C@@H](C)C(=O)O)CC1. The summed E-state index contributed by atoms with van der Waals surface area (Å²) in [5, 5.41) is 50.4. The van der Waals surface area contributed by atoms with E-state index in [1.54, 1.807) is 31.7 Å². The van der Waals surface area contributed by atoms with Gasteiger partial charge in [0.2, 0.25) is 0 Å². The first-order valence-corrected chi connectivity index (χ1v) is 13.8. The largest absolute Gasteiger partial charge is 0.480 e. The Kier molecular flexibility index (Phi) is 12.8. The predicted molar refractivity (Wildman–Crippen MR) is 150 cm³/mol. The lowest BCUT2D eigenvalue weighted by molar-refractivity contribution is -0.384. The molecule has 2 rings (SSSR count). The summed E-state index contributed by atoms with van der Waals surface area (Å²) >= 11 is 0. The molecule has 5 atom stereocenters. The fraction of sp³-hybridized carbons (Fsp3) is 0.630. The number of hydrogen-bond acceptors (Lipinski definition) is 10. The molecule has 0 bridgehead atoms. The van der Waals surface area contributed by atoms with Gasteiger partial charge >= 0.3 is 23.9 Å². The van der Waals surface area contributed by atoms with Crippen LogP contribution in [-0.4, -0.2) is 145 Å². The van der Waals surface area contributed by atoms with Crippen LogP contribution in [0.3, 0.4) is 0 Å². The van der Waals surface area contributed by atoms with Crippen molar-refractivity contribution >= 4 is 29.6 Å². The number of carboxylic acid groups (broad SMARTS) is 4. The Balaban J connectivity index is 2.60. The van der Waals surface area contributed by atoms with Crippen molar-refractivity contribution in [3.63, 3.8) is 0 Å². The molecule has 0 unspecified atom stereocenters. The molecule has 1 aromatic carbocycles. The van der Waals surface area contributed by atoms with Crippen LogP contribution >= 0.6 is 0 Å². The second kappa shape index (κ2) is 15.5. The summed E-state index contributed by atoms with van der Waals surface area (Å²) in [7, 11) is 0. The number of rotatable bonds is 11. The van der Waals surface area contributed by atoms with Gasteiger partial charge < -0.3 is 20.4 Å². The van der Waals surface area contributed by atoms with Gasteiger partial charge in [0.25, 0.3) is 5.69 Å². The number of nitro groups is 1. The van der Waals surface area contributed by atoms with Gasteiger partial charge in [0.15, 0.2) is 0 Å². The summed E-state index contributed by atoms with van der Waals surface area (Å²) in [6, 6.07) is 1.36. The van der Waals surface area contributed by atoms with Gasteiger partial charge in [-0.05, 0) is 39.7 Å². The van der Waals surface area contributed by atoms with Crippen molar-refractivity contribution in [1.82, 2.24) is 19.6 Å². The van der Waals surface area contributed by atoms with E-state index in [-0.39, 0.29) is 57.9 Å². The van der Waals surface area contributed by atoms with Gasteiger partial charge in [-0.15, -0.1) is 0 Å². The van der Waals surface area contributed by atoms with E-state index in [2.05, 4.69) is 0 Å². The minimum Gasteiger partial charge on any atom is -0.480 e. The van der Waals surface area contributed by atoms with Gasteiger partial charge in [0.05, 0.1) is 4.92 Å². The third-order valence-corrected chi connectivity index (χ3v) is 8.10. The Morgan fingerprint density at radius 3 is 1.50 bits per heavy atom. The van der Waals surface area contributed by atoms with Crippen molar-refractivity contribution < 1.29 is 44.5 Å². The maximum Gasteiger partial charge on any atom is 0.320 e. The van der Waals surface area contributed by atoms with Crippen LogP contribution in [0.15, 0.2) is 24.3 Å². The average molecular weight is 596 g/mol. The second-order valence-corrected chi connectivity index (χ2v) is 10.6. The van der Waals surface area contributed by atoms with E-state index in [1.807, 2.05) is 0 Å². The maximum absolute atomic E-state index is 12.2. The Labute approximate surface area is 244 Å². The number of nitro benzene ring substituents is 1. The first-order valence-electron chi connectivity index (χ1n) is 13.8. The Bertz CT molecular complexity index is 1120. The number of aliphatic carboxylic acids is 4. The molecule has 0 spiro atoms. The Hall–Kier alpha value is -3.66. The van der Waals surface area contributed by atoms with E-state index in [0.717, 1.165) is 0 Å². The van der Waals surface area contributed by atoms with Crippen LogP contribution in [0.1, 0.15) is 33.3 Å². The molecule has 0 amide bonds. The molecule has 1 aliphatic rings. The first kappa shape index (κ1) is 34.5. The minimum absolute atomic E-state index is 0.0891. The fourth-order valence-corrected chi connectivity index (χ4v) is 5.09. The third kappa shape index (κ3) is 9.44. The van der Waals surface area contributed by atoms with Crippen molar-refractivity contribution in [2.45, 2.75) is 64.3 Å². The quantitative estimate of drug-likeness (QED) is 0.204. The number of carbonyl (C=O) groups is 4. The smallest absolute Gasteiger partial charge is 0.320 e. The molecule has 0 saturated carbocycles. The molecule has 15 nitrogen and oxygen atoms in total. The summed E-state index contributed by atoms with van der Waals surface area (Å²) in [5.41, 5.74) is 0.556. The molecule has 1 aromatic rings. The number of carboxylic acids is 4. The molecule has 234 valence electrons. The Morgan fingerprint density at radius 2 is 1.10 bits per heavy atom. The highest BCUT2D eigenvalue weighted by molar-refractivity contribution is 5.74. The highest BCUT2D eigenvalue weighted by Gasteiger charge is 2.35. The Morgan fingerprint density at radius 1 is 0.714 bits per heavy atom. The molecule has 4 N–H and O–H groups in total. The molecule has 15 heteroatoms. The van der Waals surface area contributed by atoms with Crippen LogP contribution in [-0.2, 0) is 25.6 Å². The maximum atomic E-state index is 12.2. The monoisotopic (exact) mass is 595 g/mol. The summed E-state index contributed by atoms with van der Waals surface area (Å²) in [5.74, 6) is -4.38. The number of benzene rings is 1. The van der Waals surface area contributed by atoms with Gasteiger partial charge in [-0.2, -0.15) is 0 Å². The summed E-state index contributed by atoms with van der Waals surface area (Å²) < 4.78 is 0. The van der Waals surface area contributed by atoms with Crippen LogP contribution < -0.4 is 0 Å². The van der Waals surface area contributed by atoms with E-state index in [1.165, 1.54) is 39.8 Å². The lowest BCUT2D eigenvalue weighted by Crippen LogP contribution is -2.58. The summed E-state index contributed by atoms with van der Waals surface area (Å²) in [6.45, 7) is 7.07. The molecule has 0 aromatic heterocycles. The van der Waals surface area contributed by atoms with Crippen LogP contribution in [0.25, 0.3) is 0 Å². The van der Waals surface area contributed by atoms with Crippen molar-refractivity contribution in [1.29, 1.82) is 0 Å². The van der Waals surface area contributed by atoms with Gasteiger partial charge in [0.1, 0.15) is 24.2 Å². The standard InChI is InChI=1S/C27H41N5O10/c1-17(24(33)34)28-9-10-29(18(2)25(35)36)13-14-31(20(4)27(39)40)23(16-30(12-11-28)19(3)26(37)38)15-21-5-7-22(8-6-21)32(41)42/h5-8,17-20,23H,9-16H2,1-4H3,(H,33,34)(H,35,36)(H,37,38)(H,39,40)/t17-,18-,19-,20-,23-/m0/s1. The molecule has 0 aliphatic carbocycles. The lowest BCUT2D eigenvalue weighted by Gasteiger charge is -2.42. The van der Waals surface area contributed by atoms with Gasteiger partial charge in [-0.3, -0.25) is 48.9 Å². The van der Waals surface area contributed by atoms with Crippen LogP contribution in [0, 0.1) is 10.1 Å². The van der Waals surface area contributed by atoms with Gasteiger partial charge in [-0.1, -0.05) is 12.1 Å². The minimum atomic E-state index is -1.12. The van der Waals surface area contributed by atoms with Crippen LogP contribution in [0.4, 0.5) is 5.69 Å². The molecular weight excluding hydrogens is 554 g/mol. The number of nitrogens with zero attached hydrogens (tertiary/aromatic N) is 5. The lowest BCUT2D eigenvalue weighted by atomic mass is 10.0. The zero-order valence-corrected chi connectivity index (χ0v) is 24.3. The molecule has 0 radical (unpaired) electrons. The zero-order valence-electron chi connectivity index (χ0n) is 24.3. The topological polar surface area (TPSA) is 205 Å². The molecule has 1 saturated heterocycles. The summed E-state index contributed by atoms with van der Waals surface area (Å²) in [4.78, 5) is 65.4. The van der Waals surface area contributed by atoms with Crippen molar-refractivity contribution in [2.75, 3.05) is 45.8 Å². The third-order valence-electron chi connectivity index (χ3n) is 8.10. The molecular formula is C27H41N5O10. The van der Waals surface area contributed by atoms with Crippen LogP contribution in [0.2, 0.25) is 0 Å². The molecule has 42 heavy (non-hydrogen) atoms. The second-order valence-electron chi connectivity index (χ2n) is 10.6. The van der Waals surface area contributed by atoms with E-state index in [9.17, 15) is 49.7 Å². The van der Waals surface area contributed by atoms with Crippen LogP contribution in [0.5, 0.6) is 0 Å². The highest BCUT2D eigenvalue weighted by atomic mass is 16.6. The molecule has 1 fully saturated rings. The number of hydrogen-bond donors (Lipinski definition) is 4. The first-order chi connectivity index (χ1) is 19.6. The molecule has 1 aliphatic heterocycles. The van der Waals surface area contributed by atoms with E-state index < -0.39 is 59.0 Å². The van der Waals surface area contributed by atoms with E-state index in [0.29, 0.717) is 5.56 Å². The van der Waals surface area contributed by atoms with Crippen molar-refractivity contribution in [3.05, 3.63) is 39.9 Å². The van der Waals surface area contributed by atoms with E-state index >= 15 is 0 Å². The van der Waals surface area contributed by atoms with Crippen molar-refractivity contribution in [3.8, 4) is 0 Å².